The molecule has 0 fully saturated rings. The zero-order valence-electron chi connectivity index (χ0n) is 15.8. The van der Waals surface area contributed by atoms with Crippen LogP contribution in [0.5, 0.6) is 0 Å². The van der Waals surface area contributed by atoms with Crippen LogP contribution < -0.4 is 10.6 Å². The first-order valence-corrected chi connectivity index (χ1v) is 9.86. The number of anilines is 1. The summed E-state index contributed by atoms with van der Waals surface area (Å²) in [6.45, 7) is 12.1. The Bertz CT molecular complexity index is 791. The molecule has 0 aliphatic carbocycles. The quantitative estimate of drug-likeness (QED) is 0.777. The van der Waals surface area contributed by atoms with E-state index in [1.807, 2.05) is 34.6 Å². The molecule has 0 unspecified atom stereocenters. The van der Waals surface area contributed by atoms with Crippen LogP contribution >= 0.6 is 22.7 Å². The molecule has 2 heterocycles. The molecule has 2 aromatic heterocycles. The van der Waals surface area contributed by atoms with E-state index in [1.165, 1.54) is 29.6 Å². The predicted molar refractivity (Wildman–Crippen MR) is 103 cm³/mol. The highest BCUT2D eigenvalue weighted by Crippen LogP contribution is 2.31. The van der Waals surface area contributed by atoms with E-state index >= 15 is 0 Å². The molecule has 2 aromatic rings. The highest BCUT2D eigenvalue weighted by atomic mass is 32.1. The van der Waals surface area contributed by atoms with Gasteiger partial charge in [0.05, 0.1) is 0 Å². The van der Waals surface area contributed by atoms with Crippen LogP contribution in [0.15, 0.2) is 0 Å². The normalized spacial score (nSPS) is 12.1. The number of rotatable bonds is 6. The predicted octanol–water partition coefficient (Wildman–Crippen LogP) is 2.74. The fourth-order valence-corrected chi connectivity index (χ4v) is 3.72. The Labute approximate surface area is 160 Å². The maximum absolute atomic E-state index is 12.3. The van der Waals surface area contributed by atoms with Crippen molar-refractivity contribution in [2.75, 3.05) is 11.9 Å². The maximum Gasteiger partial charge on any atom is 0.282 e. The zero-order valence-corrected chi connectivity index (χ0v) is 17.5. The molecule has 0 radical (unpaired) electrons. The van der Waals surface area contributed by atoms with Gasteiger partial charge in [-0.25, -0.2) is 0 Å². The van der Waals surface area contributed by atoms with Crippen molar-refractivity contribution in [1.29, 1.82) is 0 Å². The molecule has 0 bridgehead atoms. The van der Waals surface area contributed by atoms with Crippen LogP contribution in [-0.2, 0) is 15.6 Å². The van der Waals surface area contributed by atoms with Crippen LogP contribution in [0.2, 0.25) is 0 Å². The van der Waals surface area contributed by atoms with E-state index in [0.29, 0.717) is 23.1 Å². The Kier molecular flexibility index (Phi) is 6.07. The Hall–Kier alpha value is -1.94. The molecule has 10 heteroatoms. The van der Waals surface area contributed by atoms with E-state index in [2.05, 4.69) is 31.0 Å². The fraction of sp³-hybridized carbons (Fsp3) is 0.625. The number of hydrogen-bond acceptors (Lipinski definition) is 8. The summed E-state index contributed by atoms with van der Waals surface area (Å²) in [7, 11) is 0. The van der Waals surface area contributed by atoms with Crippen molar-refractivity contribution >= 4 is 39.6 Å². The van der Waals surface area contributed by atoms with E-state index < -0.39 is 0 Å². The molecule has 8 nitrogen and oxygen atoms in total. The molecule has 0 aromatic carbocycles. The minimum absolute atomic E-state index is 0.123. The second-order valence-electron chi connectivity index (χ2n) is 7.65. The topological polar surface area (TPSA) is 110 Å². The van der Waals surface area contributed by atoms with Crippen LogP contribution in [0.25, 0.3) is 0 Å². The summed E-state index contributed by atoms with van der Waals surface area (Å²) in [5, 5.41) is 24.2. The summed E-state index contributed by atoms with van der Waals surface area (Å²) in [6.07, 6.45) is 0.679. The molecule has 0 aliphatic rings. The van der Waals surface area contributed by atoms with Gasteiger partial charge in [0, 0.05) is 24.3 Å². The lowest BCUT2D eigenvalue weighted by molar-refractivity contribution is -0.114. The van der Waals surface area contributed by atoms with E-state index in [1.54, 1.807) is 0 Å². The third kappa shape index (κ3) is 5.28. The molecular formula is C16H24N6O2S2. The van der Waals surface area contributed by atoms with Gasteiger partial charge in [0.1, 0.15) is 10.0 Å². The molecule has 0 saturated carbocycles. The van der Waals surface area contributed by atoms with Crippen LogP contribution in [0, 0.1) is 0 Å². The van der Waals surface area contributed by atoms with Gasteiger partial charge in [-0.2, -0.15) is 0 Å². The average Bonchev–Trinajstić information content (AvgIpc) is 3.14. The Morgan fingerprint density at radius 1 is 0.962 bits per heavy atom. The third-order valence-electron chi connectivity index (χ3n) is 3.58. The second-order valence-corrected chi connectivity index (χ2v) is 9.60. The molecule has 0 atom stereocenters. The first-order chi connectivity index (χ1) is 12.0. The molecule has 2 N–H and O–H groups in total. The minimum atomic E-state index is -0.278. The van der Waals surface area contributed by atoms with Crippen molar-refractivity contribution in [2.45, 2.75) is 58.8 Å². The number of nitrogens with one attached hydrogen (secondary N) is 2. The molecule has 26 heavy (non-hydrogen) atoms. The monoisotopic (exact) mass is 396 g/mol. The third-order valence-corrected chi connectivity index (χ3v) is 6.14. The second kappa shape index (κ2) is 7.75. The number of carbonyl (C=O) groups is 2. The molecule has 2 amide bonds. The van der Waals surface area contributed by atoms with Gasteiger partial charge in [-0.1, -0.05) is 57.3 Å². The van der Waals surface area contributed by atoms with Crippen molar-refractivity contribution in [1.82, 2.24) is 25.7 Å². The average molecular weight is 397 g/mol. The van der Waals surface area contributed by atoms with Crippen molar-refractivity contribution in [3.8, 4) is 0 Å². The fourth-order valence-electron chi connectivity index (χ4n) is 1.99. The molecule has 0 aliphatic heterocycles. The van der Waals surface area contributed by atoms with Gasteiger partial charge in [0.25, 0.3) is 5.91 Å². The van der Waals surface area contributed by atoms with Crippen molar-refractivity contribution in [3.05, 3.63) is 15.0 Å². The van der Waals surface area contributed by atoms with Crippen molar-refractivity contribution in [2.24, 2.45) is 0 Å². The van der Waals surface area contributed by atoms with E-state index in [9.17, 15) is 9.59 Å². The SMILES string of the molecule is CC(=O)Nc1nnc(C(C)(C)CCNC(=O)c2nnc(C(C)(C)C)s2)s1. The summed E-state index contributed by atoms with van der Waals surface area (Å²) in [6, 6.07) is 0. The highest BCUT2D eigenvalue weighted by molar-refractivity contribution is 7.15. The van der Waals surface area contributed by atoms with Gasteiger partial charge in [0.15, 0.2) is 0 Å². The van der Waals surface area contributed by atoms with Gasteiger partial charge < -0.3 is 10.6 Å². The lowest BCUT2D eigenvalue weighted by Gasteiger charge is -2.21. The molecular weight excluding hydrogens is 372 g/mol. The van der Waals surface area contributed by atoms with Gasteiger partial charge in [-0.05, 0) is 6.42 Å². The van der Waals surface area contributed by atoms with Gasteiger partial charge in [-0.15, -0.1) is 20.4 Å². The molecule has 142 valence electrons. The van der Waals surface area contributed by atoms with Crippen LogP contribution in [0.1, 0.15) is 67.8 Å². The van der Waals surface area contributed by atoms with Crippen LogP contribution in [0.4, 0.5) is 5.13 Å². The van der Waals surface area contributed by atoms with E-state index in [0.717, 1.165) is 10.0 Å². The number of hydrogen-bond donors (Lipinski definition) is 2. The Morgan fingerprint density at radius 3 is 2.19 bits per heavy atom. The smallest absolute Gasteiger partial charge is 0.282 e. The largest absolute Gasteiger partial charge is 0.350 e. The first kappa shape index (κ1) is 20.4. The lowest BCUT2D eigenvalue weighted by atomic mass is 9.90. The Morgan fingerprint density at radius 2 is 1.62 bits per heavy atom. The zero-order chi connectivity index (χ0) is 19.5. The summed E-state index contributed by atoms with van der Waals surface area (Å²) in [5.41, 5.74) is -0.402. The van der Waals surface area contributed by atoms with Gasteiger partial charge in [0.2, 0.25) is 16.0 Å². The van der Waals surface area contributed by atoms with E-state index in [-0.39, 0.29) is 22.6 Å². The summed E-state index contributed by atoms with van der Waals surface area (Å²) >= 11 is 2.66. The van der Waals surface area contributed by atoms with E-state index in [4.69, 9.17) is 0 Å². The van der Waals surface area contributed by atoms with Crippen molar-refractivity contribution in [3.63, 3.8) is 0 Å². The number of aromatic nitrogens is 4. The minimum Gasteiger partial charge on any atom is -0.350 e. The number of amides is 2. The standard InChI is InChI=1S/C16H24N6O2S2/c1-9(23)18-14-22-21-13(26-14)16(5,6)7-8-17-10(24)11-19-20-12(25-11)15(2,3)4/h7-8H2,1-6H3,(H,17,24)(H,18,22,23). The van der Waals surface area contributed by atoms with Gasteiger partial charge >= 0.3 is 0 Å². The van der Waals surface area contributed by atoms with Crippen LogP contribution in [0.3, 0.4) is 0 Å². The molecule has 0 spiro atoms. The number of carbonyl (C=O) groups excluding carboxylic acids is 2. The summed E-state index contributed by atoms with van der Waals surface area (Å²) < 4.78 is 0. The number of nitrogens with zero attached hydrogens (tertiary/aromatic N) is 4. The summed E-state index contributed by atoms with van der Waals surface area (Å²) in [5.74, 6) is -0.394. The maximum atomic E-state index is 12.3. The first-order valence-electron chi connectivity index (χ1n) is 8.23. The lowest BCUT2D eigenvalue weighted by Crippen LogP contribution is -2.29. The van der Waals surface area contributed by atoms with Crippen molar-refractivity contribution < 1.29 is 9.59 Å². The Balaban J connectivity index is 1.91. The molecule has 2 rings (SSSR count). The summed E-state index contributed by atoms with van der Waals surface area (Å²) in [4.78, 5) is 23.3. The highest BCUT2D eigenvalue weighted by Gasteiger charge is 2.26. The van der Waals surface area contributed by atoms with Gasteiger partial charge in [-0.3, -0.25) is 9.59 Å². The van der Waals surface area contributed by atoms with Crippen LogP contribution in [-0.4, -0.2) is 38.8 Å². The molecule has 0 saturated heterocycles.